The number of hydrogen-bond acceptors (Lipinski definition) is 4. The molecule has 5 nitrogen and oxygen atoms in total. The first-order chi connectivity index (χ1) is 11.6. The van der Waals surface area contributed by atoms with Crippen LogP contribution in [0.3, 0.4) is 0 Å². The molecule has 1 fully saturated rings. The summed E-state index contributed by atoms with van der Waals surface area (Å²) in [4.78, 5) is 26.1. The minimum Gasteiger partial charge on any atom is -0.352 e. The maximum atomic E-state index is 12.3. The van der Waals surface area contributed by atoms with Gasteiger partial charge in [0.15, 0.2) is 0 Å². The predicted octanol–water partition coefficient (Wildman–Crippen LogP) is 2.30. The van der Waals surface area contributed by atoms with Gasteiger partial charge >= 0.3 is 0 Å². The van der Waals surface area contributed by atoms with Crippen LogP contribution >= 0.6 is 24.2 Å². The summed E-state index contributed by atoms with van der Waals surface area (Å²) in [6.07, 6.45) is 0.519. The number of carbonyl (C=O) groups is 2. The standard InChI is InChI=1S/C18H27N3O2S.ClH/c1-3-21(4-2)18(23)15-7-5-14(6-8-15)12-20-17(22)11-16-13-24-10-9-19-16;/h5-8,16,19H,3-4,9-13H2,1-2H3,(H,20,22);1H. The molecule has 0 saturated carbocycles. The summed E-state index contributed by atoms with van der Waals surface area (Å²) in [5.74, 6) is 2.24. The lowest BCUT2D eigenvalue weighted by atomic mass is 10.1. The zero-order valence-electron chi connectivity index (χ0n) is 14.9. The molecule has 1 heterocycles. The average Bonchev–Trinajstić information content (AvgIpc) is 2.62. The summed E-state index contributed by atoms with van der Waals surface area (Å²) in [7, 11) is 0. The number of carbonyl (C=O) groups excluding carboxylic acids is 2. The largest absolute Gasteiger partial charge is 0.352 e. The Morgan fingerprint density at radius 2 is 1.92 bits per heavy atom. The molecule has 1 aliphatic rings. The van der Waals surface area contributed by atoms with Crippen LogP contribution < -0.4 is 10.6 Å². The van der Waals surface area contributed by atoms with E-state index in [-0.39, 0.29) is 30.3 Å². The molecule has 0 aromatic heterocycles. The highest BCUT2D eigenvalue weighted by atomic mass is 35.5. The van der Waals surface area contributed by atoms with E-state index >= 15 is 0 Å². The van der Waals surface area contributed by atoms with Gasteiger partial charge in [0.1, 0.15) is 0 Å². The Hall–Kier alpha value is -1.24. The Morgan fingerprint density at radius 3 is 2.48 bits per heavy atom. The first-order valence-corrected chi connectivity index (χ1v) is 9.75. The molecule has 1 aromatic rings. The highest BCUT2D eigenvalue weighted by Gasteiger charge is 2.16. The molecule has 2 N–H and O–H groups in total. The first-order valence-electron chi connectivity index (χ1n) is 8.60. The van der Waals surface area contributed by atoms with Crippen LogP contribution in [0.25, 0.3) is 0 Å². The number of hydrogen-bond donors (Lipinski definition) is 2. The lowest BCUT2D eigenvalue weighted by molar-refractivity contribution is -0.121. The third-order valence-electron chi connectivity index (χ3n) is 4.17. The van der Waals surface area contributed by atoms with Crippen molar-refractivity contribution in [3.63, 3.8) is 0 Å². The second-order valence-electron chi connectivity index (χ2n) is 5.88. The SMILES string of the molecule is CCN(CC)C(=O)c1ccc(CNC(=O)CC2CSCCN2)cc1.Cl. The number of halogens is 1. The molecular formula is C18H28ClN3O2S. The molecule has 2 amide bonds. The van der Waals surface area contributed by atoms with Gasteiger partial charge in [-0.2, -0.15) is 11.8 Å². The highest BCUT2D eigenvalue weighted by Crippen LogP contribution is 2.11. The zero-order chi connectivity index (χ0) is 17.4. The predicted molar refractivity (Wildman–Crippen MR) is 107 cm³/mol. The van der Waals surface area contributed by atoms with Gasteiger partial charge in [-0.1, -0.05) is 12.1 Å². The van der Waals surface area contributed by atoms with Crippen LogP contribution in [0, 0.1) is 0 Å². The van der Waals surface area contributed by atoms with Crippen molar-refractivity contribution in [2.24, 2.45) is 0 Å². The third-order valence-corrected chi connectivity index (χ3v) is 5.30. The van der Waals surface area contributed by atoms with Gasteiger partial charge in [-0.25, -0.2) is 0 Å². The van der Waals surface area contributed by atoms with Gasteiger partial charge in [0.05, 0.1) is 0 Å². The molecule has 1 saturated heterocycles. The molecule has 1 aliphatic heterocycles. The monoisotopic (exact) mass is 385 g/mol. The summed E-state index contributed by atoms with van der Waals surface area (Å²) in [5.41, 5.74) is 1.70. The van der Waals surface area contributed by atoms with E-state index in [9.17, 15) is 9.59 Å². The summed E-state index contributed by atoms with van der Waals surface area (Å²) in [5, 5.41) is 6.32. The topological polar surface area (TPSA) is 61.4 Å². The van der Waals surface area contributed by atoms with E-state index in [1.165, 1.54) is 0 Å². The zero-order valence-corrected chi connectivity index (χ0v) is 16.5. The van der Waals surface area contributed by atoms with Gasteiger partial charge < -0.3 is 15.5 Å². The minimum atomic E-state index is 0. The Labute approximate surface area is 160 Å². The maximum Gasteiger partial charge on any atom is 0.253 e. The fraction of sp³-hybridized carbons (Fsp3) is 0.556. The molecule has 0 spiro atoms. The van der Waals surface area contributed by atoms with Gasteiger partial charge in [0.25, 0.3) is 5.91 Å². The van der Waals surface area contributed by atoms with Crippen LogP contribution in [0.2, 0.25) is 0 Å². The Bertz CT molecular complexity index is 544. The highest BCUT2D eigenvalue weighted by molar-refractivity contribution is 7.99. The van der Waals surface area contributed by atoms with Crippen molar-refractivity contribution in [2.45, 2.75) is 32.9 Å². The van der Waals surface area contributed by atoms with E-state index in [2.05, 4.69) is 10.6 Å². The van der Waals surface area contributed by atoms with Gasteiger partial charge in [-0.05, 0) is 31.5 Å². The number of amides is 2. The third kappa shape index (κ3) is 6.88. The fourth-order valence-corrected chi connectivity index (χ4v) is 3.66. The van der Waals surface area contributed by atoms with Crippen molar-refractivity contribution in [1.82, 2.24) is 15.5 Å². The Balaban J connectivity index is 0.00000312. The van der Waals surface area contributed by atoms with E-state index in [1.54, 1.807) is 4.90 Å². The van der Waals surface area contributed by atoms with Crippen molar-refractivity contribution in [1.29, 1.82) is 0 Å². The summed E-state index contributed by atoms with van der Waals surface area (Å²) in [6, 6.07) is 7.76. The second-order valence-corrected chi connectivity index (χ2v) is 7.03. The molecular weight excluding hydrogens is 358 g/mol. The molecule has 25 heavy (non-hydrogen) atoms. The van der Waals surface area contributed by atoms with E-state index in [0.717, 1.165) is 23.6 Å². The number of rotatable bonds is 7. The molecule has 0 aliphatic carbocycles. The van der Waals surface area contributed by atoms with E-state index in [0.29, 0.717) is 31.6 Å². The smallest absolute Gasteiger partial charge is 0.253 e. The lowest BCUT2D eigenvalue weighted by Crippen LogP contribution is -2.41. The molecule has 7 heteroatoms. The van der Waals surface area contributed by atoms with Crippen LogP contribution in [0.15, 0.2) is 24.3 Å². The van der Waals surface area contributed by atoms with Crippen LogP contribution in [-0.4, -0.2) is 53.9 Å². The van der Waals surface area contributed by atoms with Crippen LogP contribution in [0.4, 0.5) is 0 Å². The van der Waals surface area contributed by atoms with E-state index in [1.807, 2.05) is 49.9 Å². The number of benzene rings is 1. The normalized spacial score (nSPS) is 16.6. The maximum absolute atomic E-state index is 12.3. The summed E-state index contributed by atoms with van der Waals surface area (Å²) in [6.45, 7) is 6.85. The molecule has 140 valence electrons. The Morgan fingerprint density at radius 1 is 1.24 bits per heavy atom. The number of nitrogens with one attached hydrogen (secondary N) is 2. The molecule has 0 bridgehead atoms. The van der Waals surface area contributed by atoms with Crippen LogP contribution in [0.1, 0.15) is 36.2 Å². The quantitative estimate of drug-likeness (QED) is 0.756. The van der Waals surface area contributed by atoms with Crippen molar-refractivity contribution >= 4 is 36.0 Å². The lowest BCUT2D eigenvalue weighted by Gasteiger charge is -2.22. The van der Waals surface area contributed by atoms with Crippen molar-refractivity contribution in [3.8, 4) is 0 Å². The fourth-order valence-electron chi connectivity index (χ4n) is 2.71. The molecule has 2 rings (SSSR count). The molecule has 1 aromatic carbocycles. The molecule has 1 unspecified atom stereocenters. The molecule has 1 atom stereocenters. The van der Waals surface area contributed by atoms with Crippen molar-refractivity contribution in [2.75, 3.05) is 31.1 Å². The second kappa shape index (κ2) is 11.4. The van der Waals surface area contributed by atoms with E-state index < -0.39 is 0 Å². The summed E-state index contributed by atoms with van der Waals surface area (Å²) < 4.78 is 0. The number of thioether (sulfide) groups is 1. The first kappa shape index (κ1) is 21.8. The van der Waals surface area contributed by atoms with Gasteiger partial charge in [0.2, 0.25) is 5.91 Å². The van der Waals surface area contributed by atoms with Crippen molar-refractivity contribution in [3.05, 3.63) is 35.4 Å². The van der Waals surface area contributed by atoms with Crippen LogP contribution in [-0.2, 0) is 11.3 Å². The minimum absolute atomic E-state index is 0. The van der Waals surface area contributed by atoms with Gasteiger partial charge in [-0.3, -0.25) is 9.59 Å². The Kier molecular flexibility index (Phi) is 9.93. The number of nitrogens with zero attached hydrogens (tertiary/aromatic N) is 1. The van der Waals surface area contributed by atoms with Crippen molar-refractivity contribution < 1.29 is 9.59 Å². The average molecular weight is 386 g/mol. The van der Waals surface area contributed by atoms with Crippen LogP contribution in [0.5, 0.6) is 0 Å². The summed E-state index contributed by atoms with van der Waals surface area (Å²) >= 11 is 1.89. The van der Waals surface area contributed by atoms with Gasteiger partial charge in [0, 0.05) is 55.7 Å². The van der Waals surface area contributed by atoms with Gasteiger partial charge in [-0.15, -0.1) is 12.4 Å². The molecule has 0 radical (unpaired) electrons. The van der Waals surface area contributed by atoms with E-state index in [4.69, 9.17) is 0 Å².